The minimum atomic E-state index is -0.330. The van der Waals surface area contributed by atoms with Gasteiger partial charge in [-0.15, -0.1) is 6.58 Å². The van der Waals surface area contributed by atoms with Crippen molar-refractivity contribution >= 4 is 46.1 Å². The Balaban J connectivity index is 1.68. The lowest BCUT2D eigenvalue weighted by atomic mass is 10.0. The number of rotatable bonds is 6. The third-order valence-electron chi connectivity index (χ3n) is 6.35. The standard InChI is InChI=1S/C26H27N5O2S2/c1-4-10-31-25(33)22(35-26(31)34)15-20-18(2)21(16-27)24(32)28(3)23(20)30-13-11-29(12-14-30)17-19-8-6-5-7-9-19/h4-9,15H,1,10-14,17H2,2-3H3. The molecule has 2 aliphatic heterocycles. The van der Waals surface area contributed by atoms with Crippen LogP contribution in [0.25, 0.3) is 6.08 Å². The van der Waals surface area contributed by atoms with Crippen LogP contribution >= 0.6 is 24.0 Å². The first-order valence-corrected chi connectivity index (χ1v) is 12.6. The van der Waals surface area contributed by atoms with Crippen LogP contribution in [0.2, 0.25) is 0 Å². The minimum absolute atomic E-state index is 0.0896. The summed E-state index contributed by atoms with van der Waals surface area (Å²) in [4.78, 5) is 32.5. The SMILES string of the molecule is C=CCN1C(=O)C(=Cc2c(C)c(C#N)c(=O)n(C)c2N2CCN(Cc3ccccc3)CC2)SC1=S. The van der Waals surface area contributed by atoms with Crippen molar-refractivity contribution < 1.29 is 4.79 Å². The summed E-state index contributed by atoms with van der Waals surface area (Å²) >= 11 is 6.61. The summed E-state index contributed by atoms with van der Waals surface area (Å²) in [5.74, 6) is 0.533. The Kier molecular flexibility index (Phi) is 7.55. The molecule has 1 aromatic heterocycles. The van der Waals surface area contributed by atoms with Crippen molar-refractivity contribution in [1.82, 2.24) is 14.4 Å². The van der Waals surface area contributed by atoms with Crippen LogP contribution < -0.4 is 10.5 Å². The van der Waals surface area contributed by atoms with Crippen LogP contribution in [0.3, 0.4) is 0 Å². The van der Waals surface area contributed by atoms with Gasteiger partial charge in [-0.25, -0.2) is 0 Å². The van der Waals surface area contributed by atoms with Gasteiger partial charge in [-0.1, -0.05) is 60.4 Å². The zero-order valence-electron chi connectivity index (χ0n) is 19.9. The Bertz CT molecular complexity index is 1300. The first-order valence-electron chi connectivity index (χ1n) is 11.4. The molecule has 0 bridgehead atoms. The highest BCUT2D eigenvalue weighted by atomic mass is 32.2. The number of thioether (sulfide) groups is 1. The summed E-state index contributed by atoms with van der Waals surface area (Å²) in [6.07, 6.45) is 3.42. The van der Waals surface area contributed by atoms with Gasteiger partial charge in [0.15, 0.2) is 0 Å². The Hall–Kier alpha value is -3.19. The maximum Gasteiger partial charge on any atom is 0.270 e. The van der Waals surface area contributed by atoms with Gasteiger partial charge in [-0.3, -0.25) is 24.0 Å². The molecule has 0 unspecified atom stereocenters. The fraction of sp³-hybridized carbons (Fsp3) is 0.308. The molecule has 0 radical (unpaired) electrons. The lowest BCUT2D eigenvalue weighted by Crippen LogP contribution is -2.48. The quantitative estimate of drug-likeness (QED) is 0.339. The fourth-order valence-corrected chi connectivity index (χ4v) is 5.73. The van der Waals surface area contributed by atoms with E-state index in [-0.39, 0.29) is 17.0 Å². The number of pyridine rings is 1. The number of nitrogens with zero attached hydrogens (tertiary/aromatic N) is 5. The number of thiocarbonyl (C=S) groups is 1. The minimum Gasteiger partial charge on any atom is -0.355 e. The van der Waals surface area contributed by atoms with E-state index in [2.05, 4.69) is 34.6 Å². The number of carbonyl (C=O) groups is 1. The molecule has 3 heterocycles. The van der Waals surface area contributed by atoms with Gasteiger partial charge in [-0.2, -0.15) is 5.26 Å². The zero-order chi connectivity index (χ0) is 25.1. The molecular formula is C26H27N5O2S2. The summed E-state index contributed by atoms with van der Waals surface area (Å²) in [7, 11) is 1.69. The number of anilines is 1. The van der Waals surface area contributed by atoms with Gasteiger partial charge >= 0.3 is 0 Å². The van der Waals surface area contributed by atoms with E-state index in [4.69, 9.17) is 12.2 Å². The molecule has 0 saturated carbocycles. The largest absolute Gasteiger partial charge is 0.355 e. The number of amides is 1. The molecule has 1 amide bonds. The zero-order valence-corrected chi connectivity index (χ0v) is 21.5. The maximum atomic E-state index is 13.0. The van der Waals surface area contributed by atoms with Crippen molar-refractivity contribution in [3.63, 3.8) is 0 Å². The predicted molar refractivity (Wildman–Crippen MR) is 145 cm³/mol. The lowest BCUT2D eigenvalue weighted by molar-refractivity contribution is -0.121. The van der Waals surface area contributed by atoms with Crippen molar-refractivity contribution in [3.05, 3.63) is 80.5 Å². The highest BCUT2D eigenvalue weighted by Gasteiger charge is 2.32. The van der Waals surface area contributed by atoms with Crippen LogP contribution in [0.4, 0.5) is 5.82 Å². The Morgan fingerprint density at radius 3 is 2.49 bits per heavy atom. The van der Waals surface area contributed by atoms with Crippen molar-refractivity contribution in [2.75, 3.05) is 37.6 Å². The van der Waals surface area contributed by atoms with Gasteiger partial charge in [0, 0.05) is 51.9 Å². The topological polar surface area (TPSA) is 72.6 Å². The second kappa shape index (κ2) is 10.6. The maximum absolute atomic E-state index is 13.0. The Morgan fingerprint density at radius 1 is 1.17 bits per heavy atom. The molecule has 0 atom stereocenters. The van der Waals surface area contributed by atoms with Crippen LogP contribution in [-0.2, 0) is 18.4 Å². The molecule has 2 aliphatic rings. The molecular weight excluding hydrogens is 478 g/mol. The fourth-order valence-electron chi connectivity index (χ4n) is 4.47. The van der Waals surface area contributed by atoms with E-state index in [0.29, 0.717) is 26.9 Å². The number of hydrogen-bond acceptors (Lipinski definition) is 7. The van der Waals surface area contributed by atoms with E-state index in [1.54, 1.807) is 26.1 Å². The van der Waals surface area contributed by atoms with Crippen LogP contribution in [0.5, 0.6) is 0 Å². The van der Waals surface area contributed by atoms with Crippen molar-refractivity contribution in [3.8, 4) is 6.07 Å². The molecule has 180 valence electrons. The molecule has 2 fully saturated rings. The molecule has 9 heteroatoms. The van der Waals surface area contributed by atoms with Gasteiger partial charge < -0.3 is 4.90 Å². The van der Waals surface area contributed by atoms with Gasteiger partial charge in [0.2, 0.25) is 0 Å². The summed E-state index contributed by atoms with van der Waals surface area (Å²) < 4.78 is 2.01. The number of nitriles is 1. The molecule has 2 saturated heterocycles. The summed E-state index contributed by atoms with van der Waals surface area (Å²) in [6, 6.07) is 12.4. The monoisotopic (exact) mass is 505 g/mol. The van der Waals surface area contributed by atoms with E-state index in [1.165, 1.54) is 26.8 Å². The molecule has 2 aromatic rings. The Morgan fingerprint density at radius 2 is 1.86 bits per heavy atom. The second-order valence-corrected chi connectivity index (χ2v) is 10.2. The predicted octanol–water partition coefficient (Wildman–Crippen LogP) is 3.27. The number of benzene rings is 1. The van der Waals surface area contributed by atoms with Gasteiger partial charge in [0.1, 0.15) is 21.8 Å². The van der Waals surface area contributed by atoms with Gasteiger partial charge in [0.05, 0.1) is 4.91 Å². The molecule has 0 N–H and O–H groups in total. The summed E-state index contributed by atoms with van der Waals surface area (Å²) in [5.41, 5.74) is 2.31. The average molecular weight is 506 g/mol. The second-order valence-electron chi connectivity index (χ2n) is 8.54. The molecule has 4 rings (SSSR count). The van der Waals surface area contributed by atoms with E-state index >= 15 is 0 Å². The first-order chi connectivity index (χ1) is 16.8. The third-order valence-corrected chi connectivity index (χ3v) is 7.73. The van der Waals surface area contributed by atoms with Crippen LogP contribution in [0.15, 0.2) is 52.7 Å². The smallest absolute Gasteiger partial charge is 0.270 e. The van der Waals surface area contributed by atoms with Crippen LogP contribution in [-0.4, -0.2) is 57.3 Å². The van der Waals surface area contributed by atoms with Crippen molar-refractivity contribution in [1.29, 1.82) is 5.26 Å². The number of aromatic nitrogens is 1. The van der Waals surface area contributed by atoms with E-state index in [1.807, 2.05) is 18.2 Å². The highest BCUT2D eigenvalue weighted by Crippen LogP contribution is 2.35. The van der Waals surface area contributed by atoms with Crippen molar-refractivity contribution in [2.45, 2.75) is 13.5 Å². The van der Waals surface area contributed by atoms with Gasteiger partial charge in [0.25, 0.3) is 11.5 Å². The van der Waals surface area contributed by atoms with E-state index in [9.17, 15) is 14.9 Å². The lowest BCUT2D eigenvalue weighted by Gasteiger charge is -2.37. The number of carbonyl (C=O) groups excluding carboxylic acids is 1. The molecule has 35 heavy (non-hydrogen) atoms. The number of piperazine rings is 1. The first kappa shape index (κ1) is 24.9. The molecule has 0 aliphatic carbocycles. The van der Waals surface area contributed by atoms with Crippen LogP contribution in [0.1, 0.15) is 22.3 Å². The van der Waals surface area contributed by atoms with Crippen molar-refractivity contribution in [2.24, 2.45) is 7.05 Å². The van der Waals surface area contributed by atoms with E-state index in [0.717, 1.165) is 38.5 Å². The van der Waals surface area contributed by atoms with E-state index < -0.39 is 0 Å². The molecule has 0 spiro atoms. The molecule has 7 nitrogen and oxygen atoms in total. The molecule has 1 aromatic carbocycles. The Labute approximate surface area is 214 Å². The van der Waals surface area contributed by atoms with Crippen LogP contribution in [0, 0.1) is 18.3 Å². The average Bonchev–Trinajstić information content (AvgIpc) is 3.12. The normalized spacial score (nSPS) is 17.8. The third kappa shape index (κ3) is 4.96. The number of hydrogen-bond donors (Lipinski definition) is 0. The summed E-state index contributed by atoms with van der Waals surface area (Å²) in [5, 5.41) is 9.67. The summed E-state index contributed by atoms with van der Waals surface area (Å²) in [6.45, 7) is 9.81. The highest BCUT2D eigenvalue weighted by molar-refractivity contribution is 8.26. The van der Waals surface area contributed by atoms with Gasteiger partial charge in [-0.05, 0) is 24.1 Å².